The number of carbonyl (C=O) groups is 1. The van der Waals surface area contributed by atoms with E-state index in [0.29, 0.717) is 18.4 Å². The minimum atomic E-state index is -0.393. The number of hydrogen-bond donors (Lipinski definition) is 2. The maximum Gasteiger partial charge on any atom is 0.239 e. The van der Waals surface area contributed by atoms with Gasteiger partial charge in [0.05, 0.1) is 12.1 Å². The summed E-state index contributed by atoms with van der Waals surface area (Å²) in [6.07, 6.45) is 1.73. The normalized spacial score (nSPS) is 35.6. The number of hydrogen-bond acceptors (Lipinski definition) is 3. The Labute approximate surface area is 96.8 Å². The van der Waals surface area contributed by atoms with Gasteiger partial charge in [0.2, 0.25) is 5.91 Å². The van der Waals surface area contributed by atoms with Crippen LogP contribution in [0, 0.1) is 17.8 Å². The molecule has 0 aromatic heterocycles. The predicted octanol–water partition coefficient (Wildman–Crippen LogP) is 0.199. The van der Waals surface area contributed by atoms with Crippen molar-refractivity contribution >= 4 is 5.91 Å². The monoisotopic (exact) mass is 226 g/mol. The Bertz CT molecular complexity index is 280. The summed E-state index contributed by atoms with van der Waals surface area (Å²) in [5.41, 5.74) is 5.87. The first-order chi connectivity index (χ1) is 7.50. The van der Waals surface area contributed by atoms with E-state index in [1.807, 2.05) is 18.7 Å². The van der Waals surface area contributed by atoms with Crippen LogP contribution >= 0.6 is 0 Å². The molecular weight excluding hydrogens is 204 g/mol. The van der Waals surface area contributed by atoms with E-state index in [2.05, 4.69) is 0 Å². The van der Waals surface area contributed by atoms with Crippen molar-refractivity contribution in [2.75, 3.05) is 13.1 Å². The summed E-state index contributed by atoms with van der Waals surface area (Å²) < 4.78 is 0. The van der Waals surface area contributed by atoms with Gasteiger partial charge in [0.25, 0.3) is 0 Å². The Hall–Kier alpha value is -0.610. The van der Waals surface area contributed by atoms with Gasteiger partial charge in [0, 0.05) is 19.0 Å². The summed E-state index contributed by atoms with van der Waals surface area (Å²) in [7, 11) is 0. The fourth-order valence-electron chi connectivity index (χ4n) is 2.91. The van der Waals surface area contributed by atoms with Gasteiger partial charge in [-0.05, 0) is 24.7 Å². The molecule has 1 heterocycles. The highest BCUT2D eigenvalue weighted by atomic mass is 16.3. The first kappa shape index (κ1) is 11.9. The van der Waals surface area contributed by atoms with Crippen molar-refractivity contribution in [1.29, 1.82) is 0 Å². The smallest absolute Gasteiger partial charge is 0.239 e. The van der Waals surface area contributed by atoms with Gasteiger partial charge in [-0.2, -0.15) is 0 Å². The Morgan fingerprint density at radius 1 is 1.38 bits per heavy atom. The molecule has 3 unspecified atom stereocenters. The molecule has 1 saturated carbocycles. The number of carbonyl (C=O) groups excluding carboxylic acids is 1. The van der Waals surface area contributed by atoms with Crippen LogP contribution < -0.4 is 5.73 Å². The van der Waals surface area contributed by atoms with Gasteiger partial charge >= 0.3 is 0 Å². The summed E-state index contributed by atoms with van der Waals surface area (Å²) in [5.74, 6) is 1.02. The molecule has 0 bridgehead atoms. The number of nitrogens with zero attached hydrogens (tertiary/aromatic N) is 1. The molecule has 16 heavy (non-hydrogen) atoms. The van der Waals surface area contributed by atoms with Crippen molar-refractivity contribution < 1.29 is 9.90 Å². The number of likely N-dealkylation sites (tertiary alicyclic amines) is 1. The maximum absolute atomic E-state index is 12.0. The molecule has 0 radical (unpaired) electrons. The van der Waals surface area contributed by atoms with Crippen LogP contribution in [0.2, 0.25) is 0 Å². The zero-order valence-electron chi connectivity index (χ0n) is 10.1. The molecule has 0 spiro atoms. The van der Waals surface area contributed by atoms with Gasteiger partial charge in [-0.15, -0.1) is 0 Å². The predicted molar refractivity (Wildman–Crippen MR) is 61.6 cm³/mol. The third kappa shape index (κ3) is 1.96. The molecule has 1 amide bonds. The van der Waals surface area contributed by atoms with Crippen LogP contribution in [0.4, 0.5) is 0 Å². The SMILES string of the molecule is CC(C)[C@H](N)C(=O)N1CC2CCC(O)C2C1. The lowest BCUT2D eigenvalue weighted by molar-refractivity contribution is -0.132. The number of fused-ring (bicyclic) bond motifs is 1. The van der Waals surface area contributed by atoms with Gasteiger partial charge < -0.3 is 15.7 Å². The van der Waals surface area contributed by atoms with Crippen LogP contribution in [0.15, 0.2) is 0 Å². The number of nitrogens with two attached hydrogens (primary N) is 1. The van der Waals surface area contributed by atoms with Crippen molar-refractivity contribution in [3.63, 3.8) is 0 Å². The highest BCUT2D eigenvalue weighted by Crippen LogP contribution is 2.38. The number of amides is 1. The van der Waals surface area contributed by atoms with Crippen LogP contribution in [0.1, 0.15) is 26.7 Å². The Balaban J connectivity index is 1.96. The van der Waals surface area contributed by atoms with Crippen LogP contribution in [0.3, 0.4) is 0 Å². The molecule has 4 atom stereocenters. The molecule has 3 N–H and O–H groups in total. The fourth-order valence-corrected chi connectivity index (χ4v) is 2.91. The third-order valence-corrected chi connectivity index (χ3v) is 4.13. The minimum Gasteiger partial charge on any atom is -0.393 e. The molecule has 1 saturated heterocycles. The van der Waals surface area contributed by atoms with Gasteiger partial charge in [-0.25, -0.2) is 0 Å². The summed E-state index contributed by atoms with van der Waals surface area (Å²) in [5, 5.41) is 9.78. The minimum absolute atomic E-state index is 0.0524. The Kier molecular flexibility index (Phi) is 3.22. The first-order valence-corrected chi connectivity index (χ1v) is 6.23. The Morgan fingerprint density at radius 3 is 2.62 bits per heavy atom. The quantitative estimate of drug-likeness (QED) is 0.707. The van der Waals surface area contributed by atoms with E-state index in [4.69, 9.17) is 5.73 Å². The summed E-state index contributed by atoms with van der Waals surface area (Å²) in [4.78, 5) is 13.9. The summed E-state index contributed by atoms with van der Waals surface area (Å²) in [6, 6.07) is -0.393. The van der Waals surface area contributed by atoms with Crippen molar-refractivity contribution in [1.82, 2.24) is 4.90 Å². The van der Waals surface area contributed by atoms with E-state index in [-0.39, 0.29) is 17.9 Å². The highest BCUT2D eigenvalue weighted by molar-refractivity contribution is 5.82. The van der Waals surface area contributed by atoms with Crippen LogP contribution in [-0.4, -0.2) is 41.1 Å². The zero-order chi connectivity index (χ0) is 11.9. The largest absolute Gasteiger partial charge is 0.393 e. The van der Waals surface area contributed by atoms with E-state index in [1.54, 1.807) is 0 Å². The molecular formula is C12H22N2O2. The topological polar surface area (TPSA) is 66.6 Å². The van der Waals surface area contributed by atoms with E-state index >= 15 is 0 Å². The second-order valence-corrected chi connectivity index (χ2v) is 5.58. The molecule has 0 aromatic carbocycles. The number of aliphatic hydroxyl groups is 1. The second-order valence-electron chi connectivity index (χ2n) is 5.58. The standard InChI is InChI=1S/C12H22N2O2/c1-7(2)11(13)12(16)14-5-8-3-4-10(15)9(8)6-14/h7-11,15H,3-6,13H2,1-2H3/t8?,9?,10?,11-/m0/s1. The molecule has 2 fully saturated rings. The maximum atomic E-state index is 12.0. The highest BCUT2D eigenvalue weighted by Gasteiger charge is 2.44. The fraction of sp³-hybridized carbons (Fsp3) is 0.917. The van der Waals surface area contributed by atoms with Crippen molar-refractivity contribution in [3.05, 3.63) is 0 Å². The van der Waals surface area contributed by atoms with Crippen LogP contribution in [0.25, 0.3) is 0 Å². The molecule has 1 aliphatic heterocycles. The number of aliphatic hydroxyl groups excluding tert-OH is 1. The van der Waals surface area contributed by atoms with E-state index in [9.17, 15) is 9.90 Å². The molecule has 92 valence electrons. The van der Waals surface area contributed by atoms with Crippen LogP contribution in [-0.2, 0) is 4.79 Å². The lowest BCUT2D eigenvalue weighted by Gasteiger charge is -2.24. The first-order valence-electron chi connectivity index (χ1n) is 6.23. The summed E-state index contributed by atoms with van der Waals surface area (Å²) >= 11 is 0. The van der Waals surface area contributed by atoms with Crippen molar-refractivity contribution in [2.24, 2.45) is 23.5 Å². The third-order valence-electron chi connectivity index (χ3n) is 4.13. The second kappa shape index (κ2) is 4.34. The van der Waals surface area contributed by atoms with E-state index in [1.165, 1.54) is 0 Å². The number of rotatable bonds is 2. The lowest BCUT2D eigenvalue weighted by Crippen LogP contribution is -2.46. The van der Waals surface area contributed by atoms with Gasteiger partial charge in [0.15, 0.2) is 0 Å². The lowest BCUT2D eigenvalue weighted by atomic mass is 10.00. The average molecular weight is 226 g/mol. The molecule has 1 aliphatic carbocycles. The van der Waals surface area contributed by atoms with Gasteiger partial charge in [-0.3, -0.25) is 4.79 Å². The van der Waals surface area contributed by atoms with E-state index < -0.39 is 6.04 Å². The average Bonchev–Trinajstić information content (AvgIpc) is 2.79. The molecule has 4 nitrogen and oxygen atoms in total. The van der Waals surface area contributed by atoms with Gasteiger partial charge in [-0.1, -0.05) is 13.8 Å². The molecule has 2 aliphatic rings. The van der Waals surface area contributed by atoms with Crippen molar-refractivity contribution in [2.45, 2.75) is 38.8 Å². The van der Waals surface area contributed by atoms with E-state index in [0.717, 1.165) is 19.4 Å². The zero-order valence-corrected chi connectivity index (χ0v) is 10.1. The van der Waals surface area contributed by atoms with Crippen molar-refractivity contribution in [3.8, 4) is 0 Å². The van der Waals surface area contributed by atoms with Gasteiger partial charge in [0.1, 0.15) is 0 Å². The Morgan fingerprint density at radius 2 is 2.06 bits per heavy atom. The molecule has 2 rings (SSSR count). The molecule has 0 aromatic rings. The van der Waals surface area contributed by atoms with Crippen LogP contribution in [0.5, 0.6) is 0 Å². The molecule has 4 heteroatoms. The summed E-state index contributed by atoms with van der Waals surface area (Å²) in [6.45, 7) is 5.43.